The van der Waals surface area contributed by atoms with Crippen molar-refractivity contribution in [3.05, 3.63) is 35.4 Å². The van der Waals surface area contributed by atoms with Crippen molar-refractivity contribution in [2.24, 2.45) is 11.7 Å². The first-order valence-electron chi connectivity index (χ1n) is 6.62. The molecule has 2 rings (SSSR count). The predicted octanol–water partition coefficient (Wildman–Crippen LogP) is 3.09. The molecule has 0 aromatic heterocycles. The fraction of sp³-hybridized carbons (Fsp3) is 0.571. The third-order valence-corrected chi connectivity index (χ3v) is 3.52. The second kappa shape index (κ2) is 5.92. The molecule has 1 aromatic carbocycles. The second-order valence-corrected chi connectivity index (χ2v) is 5.06. The molecule has 1 fully saturated rings. The van der Waals surface area contributed by atoms with Crippen molar-refractivity contribution in [1.82, 2.24) is 5.32 Å². The monoisotopic (exact) mass is 272 g/mol. The summed E-state index contributed by atoms with van der Waals surface area (Å²) in [5.74, 6) is 0.754. The molecule has 2 nitrogen and oxygen atoms in total. The van der Waals surface area contributed by atoms with E-state index in [1.54, 1.807) is 6.07 Å². The summed E-state index contributed by atoms with van der Waals surface area (Å²) in [7, 11) is 0. The van der Waals surface area contributed by atoms with Gasteiger partial charge < -0.3 is 11.1 Å². The van der Waals surface area contributed by atoms with Crippen LogP contribution in [0.5, 0.6) is 0 Å². The molecule has 3 N–H and O–H groups in total. The number of hydrogen-bond donors (Lipinski definition) is 2. The lowest BCUT2D eigenvalue weighted by atomic mass is 9.99. The first-order valence-corrected chi connectivity index (χ1v) is 6.62. The Labute approximate surface area is 111 Å². The summed E-state index contributed by atoms with van der Waals surface area (Å²) >= 11 is 0. The zero-order valence-corrected chi connectivity index (χ0v) is 10.7. The van der Waals surface area contributed by atoms with Crippen LogP contribution >= 0.6 is 0 Å². The van der Waals surface area contributed by atoms with Gasteiger partial charge in [0, 0.05) is 12.6 Å². The zero-order chi connectivity index (χ0) is 13.9. The van der Waals surface area contributed by atoms with Gasteiger partial charge in [-0.05, 0) is 30.5 Å². The van der Waals surface area contributed by atoms with Gasteiger partial charge in [0.1, 0.15) is 0 Å². The molecule has 1 aromatic rings. The van der Waals surface area contributed by atoms with Crippen molar-refractivity contribution in [3.63, 3.8) is 0 Å². The van der Waals surface area contributed by atoms with Gasteiger partial charge in [-0.2, -0.15) is 13.2 Å². The molecule has 0 bridgehead atoms. The van der Waals surface area contributed by atoms with Gasteiger partial charge in [0.15, 0.2) is 0 Å². The average Bonchev–Trinajstić information content (AvgIpc) is 3.18. The minimum absolute atomic E-state index is 0.164. The molecule has 0 heterocycles. The van der Waals surface area contributed by atoms with Gasteiger partial charge in [-0.3, -0.25) is 0 Å². The van der Waals surface area contributed by atoms with E-state index in [0.717, 1.165) is 24.9 Å². The van der Waals surface area contributed by atoms with E-state index in [9.17, 15) is 13.2 Å². The average molecular weight is 272 g/mol. The molecule has 106 valence electrons. The van der Waals surface area contributed by atoms with Crippen molar-refractivity contribution >= 4 is 0 Å². The molecule has 1 aliphatic carbocycles. The molecule has 0 aliphatic heterocycles. The molecule has 5 heteroatoms. The minimum Gasteiger partial charge on any atom is -0.329 e. The van der Waals surface area contributed by atoms with Crippen LogP contribution in [0.3, 0.4) is 0 Å². The van der Waals surface area contributed by atoms with E-state index < -0.39 is 17.8 Å². The van der Waals surface area contributed by atoms with E-state index in [0.29, 0.717) is 0 Å². The quantitative estimate of drug-likeness (QED) is 0.835. The van der Waals surface area contributed by atoms with Gasteiger partial charge in [-0.15, -0.1) is 0 Å². The summed E-state index contributed by atoms with van der Waals surface area (Å²) in [5.41, 5.74) is 5.27. The largest absolute Gasteiger partial charge is 0.416 e. The zero-order valence-electron chi connectivity index (χ0n) is 10.7. The number of halogens is 3. The molecule has 19 heavy (non-hydrogen) atoms. The van der Waals surface area contributed by atoms with Gasteiger partial charge in [-0.1, -0.05) is 31.0 Å². The fourth-order valence-corrected chi connectivity index (χ4v) is 2.25. The van der Waals surface area contributed by atoms with Gasteiger partial charge in [0.25, 0.3) is 0 Å². The van der Waals surface area contributed by atoms with Crippen molar-refractivity contribution in [2.75, 3.05) is 13.1 Å². The SMILES string of the molecule is NCC(NCCC1CC1)c1ccccc1C(F)(F)F. The normalized spacial score (nSPS) is 17.5. The highest BCUT2D eigenvalue weighted by Gasteiger charge is 2.34. The highest BCUT2D eigenvalue weighted by atomic mass is 19.4. The van der Waals surface area contributed by atoms with Gasteiger partial charge in [-0.25, -0.2) is 0 Å². The molecular weight excluding hydrogens is 253 g/mol. The Kier molecular flexibility index (Phi) is 4.47. The van der Waals surface area contributed by atoms with Crippen molar-refractivity contribution in [3.8, 4) is 0 Å². The maximum Gasteiger partial charge on any atom is 0.416 e. The lowest BCUT2D eigenvalue weighted by Crippen LogP contribution is -2.31. The molecule has 1 saturated carbocycles. The van der Waals surface area contributed by atoms with Crippen molar-refractivity contribution < 1.29 is 13.2 Å². The summed E-state index contributed by atoms with van der Waals surface area (Å²) in [4.78, 5) is 0. The van der Waals surface area contributed by atoms with Crippen LogP contribution < -0.4 is 11.1 Å². The lowest BCUT2D eigenvalue weighted by Gasteiger charge is -2.21. The molecule has 1 aliphatic rings. The summed E-state index contributed by atoms with van der Waals surface area (Å²) in [6, 6.07) is 5.21. The van der Waals surface area contributed by atoms with Crippen molar-refractivity contribution in [1.29, 1.82) is 0 Å². The standard InChI is InChI=1S/C14H19F3N2/c15-14(16,17)12-4-2-1-3-11(12)13(9-18)19-8-7-10-5-6-10/h1-4,10,13,19H,5-9,18H2. The van der Waals surface area contributed by atoms with E-state index in [1.807, 2.05) is 0 Å². The maximum atomic E-state index is 12.9. The Morgan fingerprint density at radius 3 is 2.53 bits per heavy atom. The molecule has 0 spiro atoms. The Balaban J connectivity index is 2.07. The topological polar surface area (TPSA) is 38.0 Å². The van der Waals surface area contributed by atoms with Crippen molar-refractivity contribution in [2.45, 2.75) is 31.5 Å². The van der Waals surface area contributed by atoms with Crippen LogP contribution in [0.25, 0.3) is 0 Å². The third kappa shape index (κ3) is 3.94. The summed E-state index contributed by atoms with van der Waals surface area (Å²) in [5, 5.41) is 3.14. The van der Waals surface area contributed by atoms with Gasteiger partial charge >= 0.3 is 6.18 Å². The maximum absolute atomic E-state index is 12.9. The summed E-state index contributed by atoms with van der Waals surface area (Å²) in [6.07, 6.45) is -0.824. The fourth-order valence-electron chi connectivity index (χ4n) is 2.25. The van der Waals surface area contributed by atoms with Crippen LogP contribution in [-0.2, 0) is 6.18 Å². The first-order chi connectivity index (χ1) is 9.02. The Bertz CT molecular complexity index is 413. The van der Waals surface area contributed by atoms with Crippen LogP contribution in [0.1, 0.15) is 36.4 Å². The highest BCUT2D eigenvalue weighted by molar-refractivity contribution is 5.32. The van der Waals surface area contributed by atoms with E-state index in [4.69, 9.17) is 5.73 Å². The molecule has 0 amide bonds. The van der Waals surface area contributed by atoms with Crippen LogP contribution in [-0.4, -0.2) is 13.1 Å². The first kappa shape index (κ1) is 14.3. The number of hydrogen-bond acceptors (Lipinski definition) is 2. The van der Waals surface area contributed by atoms with Crippen LogP contribution in [0, 0.1) is 5.92 Å². The van der Waals surface area contributed by atoms with Gasteiger partial charge in [0.2, 0.25) is 0 Å². The second-order valence-electron chi connectivity index (χ2n) is 5.06. The van der Waals surface area contributed by atoms with E-state index in [2.05, 4.69) is 5.32 Å². The van der Waals surface area contributed by atoms with Crippen LogP contribution in [0.4, 0.5) is 13.2 Å². The Hall–Kier alpha value is -1.07. The van der Waals surface area contributed by atoms with Crippen LogP contribution in [0.15, 0.2) is 24.3 Å². The number of rotatable bonds is 6. The van der Waals surface area contributed by atoms with Gasteiger partial charge in [0.05, 0.1) is 5.56 Å². The molecule has 1 atom stereocenters. The van der Waals surface area contributed by atoms with E-state index >= 15 is 0 Å². The number of alkyl halides is 3. The Morgan fingerprint density at radius 2 is 1.95 bits per heavy atom. The molecular formula is C14H19F3N2. The smallest absolute Gasteiger partial charge is 0.329 e. The van der Waals surface area contributed by atoms with E-state index in [-0.39, 0.29) is 12.1 Å². The number of nitrogens with two attached hydrogens (primary N) is 1. The minimum atomic E-state index is -4.33. The summed E-state index contributed by atoms with van der Waals surface area (Å²) in [6.45, 7) is 0.885. The lowest BCUT2D eigenvalue weighted by molar-refractivity contribution is -0.138. The molecule has 1 unspecified atom stereocenters. The predicted molar refractivity (Wildman–Crippen MR) is 68.6 cm³/mol. The molecule has 0 radical (unpaired) electrons. The van der Waals surface area contributed by atoms with E-state index in [1.165, 1.54) is 25.0 Å². The molecule has 0 saturated heterocycles. The highest BCUT2D eigenvalue weighted by Crippen LogP contribution is 2.35. The third-order valence-electron chi connectivity index (χ3n) is 3.52. The summed E-state index contributed by atoms with van der Waals surface area (Å²) < 4.78 is 38.8. The Morgan fingerprint density at radius 1 is 1.26 bits per heavy atom. The number of benzene rings is 1. The number of nitrogens with one attached hydrogen (secondary N) is 1. The van der Waals surface area contributed by atoms with Crippen LogP contribution in [0.2, 0.25) is 0 Å².